The van der Waals surface area contributed by atoms with Crippen LogP contribution in [-0.2, 0) is 22.8 Å². The van der Waals surface area contributed by atoms with E-state index in [0.717, 1.165) is 18.1 Å². The van der Waals surface area contributed by atoms with Crippen LogP contribution in [0.1, 0.15) is 35.0 Å². The zero-order valence-corrected chi connectivity index (χ0v) is 18.6. The summed E-state index contributed by atoms with van der Waals surface area (Å²) in [5.41, 5.74) is 1.93. The molecule has 1 amide bonds. The van der Waals surface area contributed by atoms with Crippen molar-refractivity contribution >= 4 is 38.3 Å². The van der Waals surface area contributed by atoms with Crippen molar-refractivity contribution in [1.82, 2.24) is 4.90 Å². The van der Waals surface area contributed by atoms with Crippen molar-refractivity contribution in [3.8, 4) is 0 Å². The molecule has 1 aromatic heterocycles. The molecule has 31 heavy (non-hydrogen) atoms. The predicted octanol–water partition coefficient (Wildman–Crippen LogP) is 3.84. The van der Waals surface area contributed by atoms with E-state index in [0.29, 0.717) is 11.4 Å². The number of aryl methyl sites for hydroxylation is 1. The molecule has 3 aromatic rings. The van der Waals surface area contributed by atoms with Crippen LogP contribution in [0.2, 0.25) is 5.02 Å². The Morgan fingerprint density at radius 2 is 1.84 bits per heavy atom. The maximum atomic E-state index is 13.4. The van der Waals surface area contributed by atoms with Gasteiger partial charge in [-0.05, 0) is 42.2 Å². The summed E-state index contributed by atoms with van der Waals surface area (Å²) in [5.74, 6) is -0.680. The smallest absolute Gasteiger partial charge is 0.290 e. The molecule has 6 nitrogen and oxygen atoms in total. The van der Waals surface area contributed by atoms with Crippen molar-refractivity contribution in [3.63, 3.8) is 0 Å². The zero-order valence-electron chi connectivity index (χ0n) is 17.0. The first kappa shape index (κ1) is 21.6. The largest absolute Gasteiger partial charge is 0.451 e. The van der Waals surface area contributed by atoms with Gasteiger partial charge in [0.15, 0.2) is 21.0 Å². The number of carbonyl (C=O) groups excluding carboxylic acids is 1. The van der Waals surface area contributed by atoms with Gasteiger partial charge in [-0.2, -0.15) is 0 Å². The van der Waals surface area contributed by atoms with Crippen molar-refractivity contribution < 1.29 is 17.6 Å². The number of nitrogens with zero attached hydrogens (tertiary/aromatic N) is 1. The Kier molecular flexibility index (Phi) is 5.90. The molecule has 1 atom stereocenters. The van der Waals surface area contributed by atoms with E-state index in [9.17, 15) is 18.0 Å². The van der Waals surface area contributed by atoms with Crippen LogP contribution in [0.5, 0.6) is 0 Å². The van der Waals surface area contributed by atoms with Gasteiger partial charge in [-0.25, -0.2) is 8.42 Å². The van der Waals surface area contributed by atoms with Crippen molar-refractivity contribution in [3.05, 3.63) is 80.7 Å². The number of fused-ring (bicyclic) bond motifs is 1. The fourth-order valence-corrected chi connectivity index (χ4v) is 5.74. The number of halogens is 1. The summed E-state index contributed by atoms with van der Waals surface area (Å²) < 4.78 is 29.9. The van der Waals surface area contributed by atoms with Crippen LogP contribution in [0.15, 0.2) is 57.7 Å². The number of carbonyl (C=O) groups is 1. The highest BCUT2D eigenvalue weighted by atomic mass is 35.5. The van der Waals surface area contributed by atoms with Crippen LogP contribution in [0.25, 0.3) is 11.0 Å². The molecule has 1 fully saturated rings. The third-order valence-corrected chi connectivity index (χ3v) is 7.58. The number of sulfone groups is 1. The lowest BCUT2D eigenvalue weighted by atomic mass is 10.1. The minimum Gasteiger partial charge on any atom is -0.451 e. The number of rotatable bonds is 5. The van der Waals surface area contributed by atoms with Gasteiger partial charge in [0.2, 0.25) is 0 Å². The minimum atomic E-state index is -3.21. The molecule has 1 aliphatic heterocycles. The summed E-state index contributed by atoms with van der Waals surface area (Å²) in [6.07, 6.45) is 1.25. The van der Waals surface area contributed by atoms with E-state index in [2.05, 4.69) is 6.92 Å². The molecular weight excluding hydrogens is 438 g/mol. The Morgan fingerprint density at radius 1 is 1.13 bits per heavy atom. The molecule has 162 valence electrons. The van der Waals surface area contributed by atoms with E-state index in [-0.39, 0.29) is 40.2 Å². The quantitative estimate of drug-likeness (QED) is 0.578. The first-order chi connectivity index (χ1) is 14.8. The van der Waals surface area contributed by atoms with Crippen molar-refractivity contribution in [2.45, 2.75) is 32.4 Å². The van der Waals surface area contributed by atoms with E-state index in [1.165, 1.54) is 16.5 Å². The summed E-state index contributed by atoms with van der Waals surface area (Å²) >= 11 is 5.96. The minimum absolute atomic E-state index is 0.0381. The SMILES string of the molecule is CCc1ccc(CN(C(=O)c2cc(=O)c3cc(Cl)ccc3o2)[C@H]2CCS(=O)(=O)C2)cc1. The van der Waals surface area contributed by atoms with E-state index in [1.807, 2.05) is 24.3 Å². The molecule has 1 saturated heterocycles. The monoisotopic (exact) mass is 459 g/mol. The van der Waals surface area contributed by atoms with Gasteiger partial charge >= 0.3 is 0 Å². The fraction of sp³-hybridized carbons (Fsp3) is 0.304. The molecular formula is C23H22ClNO5S. The highest BCUT2D eigenvalue weighted by molar-refractivity contribution is 7.91. The fourth-order valence-electron chi connectivity index (χ4n) is 3.84. The van der Waals surface area contributed by atoms with Gasteiger partial charge in [0.05, 0.1) is 16.9 Å². The van der Waals surface area contributed by atoms with Crippen LogP contribution < -0.4 is 5.43 Å². The average molecular weight is 460 g/mol. The second kappa shape index (κ2) is 8.48. The van der Waals surface area contributed by atoms with E-state index in [4.69, 9.17) is 16.0 Å². The van der Waals surface area contributed by atoms with E-state index >= 15 is 0 Å². The zero-order chi connectivity index (χ0) is 22.2. The van der Waals surface area contributed by atoms with Crippen LogP contribution in [0.4, 0.5) is 0 Å². The van der Waals surface area contributed by atoms with Crippen LogP contribution in [0, 0.1) is 0 Å². The van der Waals surface area contributed by atoms with Gasteiger partial charge in [0.25, 0.3) is 5.91 Å². The van der Waals surface area contributed by atoms with Crippen LogP contribution >= 0.6 is 11.6 Å². The van der Waals surface area contributed by atoms with Crippen molar-refractivity contribution in [2.75, 3.05) is 11.5 Å². The molecule has 0 unspecified atom stereocenters. The summed E-state index contributed by atoms with van der Waals surface area (Å²) in [5, 5.41) is 0.682. The second-order valence-electron chi connectivity index (χ2n) is 7.78. The Bertz CT molecular complexity index is 1300. The number of hydrogen-bond acceptors (Lipinski definition) is 5. The molecule has 0 bridgehead atoms. The Hall–Kier alpha value is -2.64. The Labute approximate surface area is 185 Å². The molecule has 8 heteroatoms. The predicted molar refractivity (Wildman–Crippen MR) is 120 cm³/mol. The topological polar surface area (TPSA) is 84.7 Å². The molecule has 0 spiro atoms. The van der Waals surface area contributed by atoms with Crippen LogP contribution in [-0.4, -0.2) is 36.8 Å². The van der Waals surface area contributed by atoms with Gasteiger partial charge in [0.1, 0.15) is 5.58 Å². The first-order valence-electron chi connectivity index (χ1n) is 10.1. The van der Waals surface area contributed by atoms with E-state index in [1.54, 1.807) is 12.1 Å². The highest BCUT2D eigenvalue weighted by Gasteiger charge is 2.36. The molecule has 0 N–H and O–H groups in total. The maximum absolute atomic E-state index is 13.4. The molecule has 0 radical (unpaired) electrons. The van der Waals surface area contributed by atoms with Gasteiger partial charge < -0.3 is 9.32 Å². The van der Waals surface area contributed by atoms with Gasteiger partial charge in [-0.3, -0.25) is 9.59 Å². The van der Waals surface area contributed by atoms with Gasteiger partial charge in [-0.15, -0.1) is 0 Å². The summed E-state index contributed by atoms with van der Waals surface area (Å²) in [6, 6.07) is 13.1. The van der Waals surface area contributed by atoms with Crippen molar-refractivity contribution in [1.29, 1.82) is 0 Å². The Morgan fingerprint density at radius 3 is 2.48 bits per heavy atom. The normalized spacial score (nSPS) is 17.7. The highest BCUT2D eigenvalue weighted by Crippen LogP contribution is 2.24. The third-order valence-electron chi connectivity index (χ3n) is 5.59. The second-order valence-corrected chi connectivity index (χ2v) is 10.4. The standard InChI is InChI=1S/C23H22ClNO5S/c1-2-15-3-5-16(6-4-15)13-25(18-9-10-31(28,29)14-18)23(27)22-12-20(26)19-11-17(24)7-8-21(19)30-22/h3-8,11-12,18H,2,9-10,13-14H2,1H3/t18-/m0/s1. The Balaban J connectivity index is 1.71. The molecule has 0 saturated carbocycles. The molecule has 4 rings (SSSR count). The lowest BCUT2D eigenvalue weighted by molar-refractivity contribution is 0.0648. The number of benzene rings is 2. The summed E-state index contributed by atoms with van der Waals surface area (Å²) in [4.78, 5) is 27.5. The first-order valence-corrected chi connectivity index (χ1v) is 12.3. The lowest BCUT2D eigenvalue weighted by Gasteiger charge is -2.28. The van der Waals surface area contributed by atoms with Crippen LogP contribution in [0.3, 0.4) is 0 Å². The van der Waals surface area contributed by atoms with Crippen molar-refractivity contribution in [2.24, 2.45) is 0 Å². The summed E-state index contributed by atoms with van der Waals surface area (Å²) in [6.45, 7) is 2.29. The summed E-state index contributed by atoms with van der Waals surface area (Å²) in [7, 11) is -3.21. The molecule has 2 aromatic carbocycles. The molecule has 1 aliphatic rings. The number of amides is 1. The third kappa shape index (κ3) is 4.67. The lowest BCUT2D eigenvalue weighted by Crippen LogP contribution is -2.40. The molecule has 2 heterocycles. The van der Waals surface area contributed by atoms with Gasteiger partial charge in [0, 0.05) is 23.7 Å². The van der Waals surface area contributed by atoms with E-state index < -0.39 is 21.8 Å². The number of hydrogen-bond donors (Lipinski definition) is 0. The van der Waals surface area contributed by atoms with Gasteiger partial charge in [-0.1, -0.05) is 42.8 Å². The molecule has 0 aliphatic carbocycles. The maximum Gasteiger partial charge on any atom is 0.290 e. The average Bonchev–Trinajstić information content (AvgIpc) is 3.11.